The van der Waals surface area contributed by atoms with Gasteiger partial charge in [0.1, 0.15) is 11.6 Å². The Hall–Kier alpha value is -3.33. The molecule has 1 aromatic carbocycles. The summed E-state index contributed by atoms with van der Waals surface area (Å²) in [6.07, 6.45) is 2.12. The van der Waals surface area contributed by atoms with Crippen LogP contribution in [0.5, 0.6) is 0 Å². The van der Waals surface area contributed by atoms with Crippen molar-refractivity contribution in [1.82, 2.24) is 25.7 Å². The number of benzene rings is 1. The fourth-order valence-corrected chi connectivity index (χ4v) is 4.11. The molecule has 0 radical (unpaired) electrons. The molecule has 3 N–H and O–H groups in total. The van der Waals surface area contributed by atoms with E-state index >= 15 is 0 Å². The van der Waals surface area contributed by atoms with Gasteiger partial charge >= 0.3 is 0 Å². The minimum absolute atomic E-state index is 0.0348. The molecule has 0 saturated heterocycles. The second-order valence-electron chi connectivity index (χ2n) is 7.80. The highest BCUT2D eigenvalue weighted by atomic mass is 32.2. The Morgan fingerprint density at radius 3 is 2.77 bits per heavy atom. The van der Waals surface area contributed by atoms with Crippen LogP contribution < -0.4 is 10.0 Å². The highest BCUT2D eigenvalue weighted by molar-refractivity contribution is 8.00. The lowest BCUT2D eigenvalue weighted by Crippen LogP contribution is -2.25. The van der Waals surface area contributed by atoms with Gasteiger partial charge in [-0.25, -0.2) is 4.98 Å². The van der Waals surface area contributed by atoms with E-state index in [-0.39, 0.29) is 5.91 Å². The number of fused-ring (bicyclic) bond motifs is 1. The van der Waals surface area contributed by atoms with Crippen LogP contribution in [0, 0.1) is 20.8 Å². The number of carbonyl (C=O) groups excluding carboxylic acids is 1. The van der Waals surface area contributed by atoms with Crippen LogP contribution >= 0.6 is 11.9 Å². The normalized spacial score (nSPS) is 13.5. The summed E-state index contributed by atoms with van der Waals surface area (Å²) < 4.78 is 8.48. The molecule has 5 rings (SSSR count). The number of H-pyrrole nitrogens is 1. The van der Waals surface area contributed by atoms with Crippen molar-refractivity contribution in [2.45, 2.75) is 44.6 Å². The van der Waals surface area contributed by atoms with Crippen molar-refractivity contribution < 1.29 is 9.32 Å². The van der Waals surface area contributed by atoms with Crippen LogP contribution in [0.2, 0.25) is 0 Å². The SMILES string of the molecule is Cc1ccc(C(=O)NC2CC2)cc1-c1ccc2c(NSc3c(C)noc3C)[nH]nc2n1. The third-order valence-corrected chi connectivity index (χ3v) is 6.42. The molecule has 1 saturated carbocycles. The first-order valence-electron chi connectivity index (χ1n) is 10.1. The molecule has 3 aromatic heterocycles. The van der Waals surface area contributed by atoms with Gasteiger partial charge in [0.2, 0.25) is 0 Å². The second-order valence-corrected chi connectivity index (χ2v) is 8.62. The van der Waals surface area contributed by atoms with Gasteiger partial charge in [-0.3, -0.25) is 9.89 Å². The summed E-state index contributed by atoms with van der Waals surface area (Å²) in [4.78, 5) is 18.1. The Morgan fingerprint density at radius 1 is 1.19 bits per heavy atom. The largest absolute Gasteiger partial charge is 0.360 e. The summed E-state index contributed by atoms with van der Waals surface area (Å²) in [5.41, 5.74) is 4.84. The molecule has 0 unspecified atom stereocenters. The fourth-order valence-electron chi connectivity index (χ4n) is 3.38. The quantitative estimate of drug-likeness (QED) is 0.382. The van der Waals surface area contributed by atoms with Crippen molar-refractivity contribution in [2.75, 3.05) is 4.72 Å². The molecule has 8 nitrogen and oxygen atoms in total. The van der Waals surface area contributed by atoms with Crippen molar-refractivity contribution in [3.8, 4) is 11.3 Å². The number of pyridine rings is 1. The molecule has 0 aliphatic heterocycles. The molecule has 1 fully saturated rings. The van der Waals surface area contributed by atoms with Gasteiger partial charge in [-0.15, -0.1) is 0 Å². The second kappa shape index (κ2) is 7.73. The minimum atomic E-state index is -0.0348. The minimum Gasteiger partial charge on any atom is -0.360 e. The highest BCUT2D eigenvalue weighted by Crippen LogP contribution is 2.31. The number of hydrogen-bond acceptors (Lipinski definition) is 7. The van der Waals surface area contributed by atoms with E-state index in [0.717, 1.165) is 57.2 Å². The lowest BCUT2D eigenvalue weighted by Gasteiger charge is -2.09. The number of rotatable bonds is 6. The molecule has 31 heavy (non-hydrogen) atoms. The average Bonchev–Trinajstić information content (AvgIpc) is 3.40. The van der Waals surface area contributed by atoms with Crippen LogP contribution in [0.1, 0.15) is 40.2 Å². The van der Waals surface area contributed by atoms with E-state index in [9.17, 15) is 4.79 Å². The summed E-state index contributed by atoms with van der Waals surface area (Å²) in [6, 6.07) is 9.98. The lowest BCUT2D eigenvalue weighted by atomic mass is 10.0. The van der Waals surface area contributed by atoms with Crippen molar-refractivity contribution >= 4 is 34.7 Å². The Morgan fingerprint density at radius 2 is 2.03 bits per heavy atom. The van der Waals surface area contributed by atoms with E-state index in [0.29, 0.717) is 17.3 Å². The first kappa shape index (κ1) is 19.6. The maximum absolute atomic E-state index is 12.5. The summed E-state index contributed by atoms with van der Waals surface area (Å²) in [5, 5.41) is 15.2. The van der Waals surface area contributed by atoms with Gasteiger partial charge in [0.25, 0.3) is 5.91 Å². The zero-order valence-corrected chi connectivity index (χ0v) is 18.3. The monoisotopic (exact) mass is 434 g/mol. The van der Waals surface area contributed by atoms with Gasteiger partial charge in [-0.1, -0.05) is 11.2 Å². The number of nitrogens with one attached hydrogen (secondary N) is 3. The number of anilines is 1. The van der Waals surface area contributed by atoms with Gasteiger partial charge in [0, 0.05) is 17.2 Å². The number of hydrogen-bond donors (Lipinski definition) is 3. The Bertz CT molecular complexity index is 1270. The van der Waals surface area contributed by atoms with E-state index in [2.05, 4.69) is 25.4 Å². The molecular weight excluding hydrogens is 412 g/mol. The van der Waals surface area contributed by atoms with Crippen LogP contribution in [-0.4, -0.2) is 32.3 Å². The van der Waals surface area contributed by atoms with E-state index < -0.39 is 0 Å². The zero-order valence-electron chi connectivity index (χ0n) is 17.4. The van der Waals surface area contributed by atoms with Crippen molar-refractivity contribution in [3.63, 3.8) is 0 Å². The number of aromatic nitrogens is 4. The average molecular weight is 435 g/mol. The fraction of sp³-hybridized carbons (Fsp3) is 0.273. The van der Waals surface area contributed by atoms with E-state index in [1.54, 1.807) is 0 Å². The number of aromatic amines is 1. The Balaban J connectivity index is 1.41. The zero-order chi connectivity index (χ0) is 21.5. The standard InChI is InChI=1S/C22H22N6O2S/c1-11-4-5-14(22(29)23-15-6-7-15)10-17(11)18-9-8-16-20(24-18)25-26-21(16)28-31-19-12(2)27-30-13(19)3/h4-5,8-10,15H,6-7H2,1-3H3,(H,23,29)(H2,24,25,26,28). The molecule has 1 amide bonds. The van der Waals surface area contributed by atoms with Gasteiger partial charge in [-0.05, 0) is 75.4 Å². The predicted octanol–water partition coefficient (Wildman–Crippen LogP) is 4.55. The predicted molar refractivity (Wildman–Crippen MR) is 120 cm³/mol. The third kappa shape index (κ3) is 3.88. The van der Waals surface area contributed by atoms with Crippen molar-refractivity contribution in [3.05, 3.63) is 52.9 Å². The molecule has 3 heterocycles. The summed E-state index contributed by atoms with van der Waals surface area (Å²) in [6.45, 7) is 5.80. The molecule has 4 aromatic rings. The van der Waals surface area contributed by atoms with Crippen molar-refractivity contribution in [1.29, 1.82) is 0 Å². The van der Waals surface area contributed by atoms with Gasteiger partial charge in [0.15, 0.2) is 5.65 Å². The molecule has 0 atom stereocenters. The summed E-state index contributed by atoms with van der Waals surface area (Å²) in [5.74, 6) is 1.49. The molecule has 1 aliphatic rings. The maximum atomic E-state index is 12.5. The van der Waals surface area contributed by atoms with Crippen LogP contribution in [0.25, 0.3) is 22.3 Å². The van der Waals surface area contributed by atoms with Gasteiger partial charge in [-0.2, -0.15) is 5.10 Å². The topological polar surface area (TPSA) is 109 Å². The van der Waals surface area contributed by atoms with E-state index in [1.807, 2.05) is 51.1 Å². The van der Waals surface area contributed by atoms with Gasteiger partial charge in [0.05, 0.1) is 21.7 Å². The number of nitrogens with zero attached hydrogens (tertiary/aromatic N) is 3. The Kier molecular flexibility index (Phi) is 4.90. The maximum Gasteiger partial charge on any atom is 0.251 e. The molecule has 0 bridgehead atoms. The summed E-state index contributed by atoms with van der Waals surface area (Å²) >= 11 is 1.42. The summed E-state index contributed by atoms with van der Waals surface area (Å²) in [7, 11) is 0. The molecule has 0 spiro atoms. The Labute approximate surface area is 183 Å². The van der Waals surface area contributed by atoms with Crippen LogP contribution in [-0.2, 0) is 0 Å². The number of carbonyl (C=O) groups is 1. The highest BCUT2D eigenvalue weighted by Gasteiger charge is 2.24. The molecular formula is C22H22N6O2S. The number of aryl methyl sites for hydroxylation is 3. The molecule has 158 valence electrons. The first-order valence-corrected chi connectivity index (χ1v) is 10.9. The van der Waals surface area contributed by atoms with Crippen molar-refractivity contribution in [2.24, 2.45) is 0 Å². The van der Waals surface area contributed by atoms with E-state index in [1.165, 1.54) is 11.9 Å². The third-order valence-electron chi connectivity index (χ3n) is 5.33. The van der Waals surface area contributed by atoms with Gasteiger partial charge < -0.3 is 14.6 Å². The first-order chi connectivity index (χ1) is 15.0. The molecule has 1 aliphatic carbocycles. The lowest BCUT2D eigenvalue weighted by molar-refractivity contribution is 0.0951. The smallest absolute Gasteiger partial charge is 0.251 e. The number of amides is 1. The van der Waals surface area contributed by atoms with Crippen LogP contribution in [0.3, 0.4) is 0 Å². The van der Waals surface area contributed by atoms with Crippen LogP contribution in [0.4, 0.5) is 5.82 Å². The van der Waals surface area contributed by atoms with E-state index in [4.69, 9.17) is 9.51 Å². The van der Waals surface area contributed by atoms with Crippen LogP contribution in [0.15, 0.2) is 39.8 Å². The molecule has 9 heteroatoms.